The van der Waals surface area contributed by atoms with Crippen LogP contribution in [-0.4, -0.2) is 17.6 Å². The molecule has 2 rings (SSSR count). The molecular formula is C19H23NO3. The molecule has 0 aliphatic rings. The number of aryl methyl sites for hydroxylation is 2. The first kappa shape index (κ1) is 17.0. The number of amides is 1. The van der Waals surface area contributed by atoms with Gasteiger partial charge in [0, 0.05) is 5.69 Å². The lowest BCUT2D eigenvalue weighted by Gasteiger charge is -2.18. The highest BCUT2D eigenvalue weighted by atomic mass is 16.5. The second kappa shape index (κ2) is 6.84. The lowest BCUT2D eigenvalue weighted by molar-refractivity contribution is -0.118. The third-order valence-electron chi connectivity index (χ3n) is 3.68. The molecule has 2 N–H and O–H groups in total. The molecule has 1 amide bonds. The molecule has 0 aliphatic carbocycles. The molecule has 0 fully saturated rings. The maximum absolute atomic E-state index is 12.0. The van der Waals surface area contributed by atoms with Gasteiger partial charge in [-0.05, 0) is 56.5 Å². The number of nitrogens with one attached hydrogen (secondary N) is 1. The summed E-state index contributed by atoms with van der Waals surface area (Å²) in [4.78, 5) is 12.0. The van der Waals surface area contributed by atoms with E-state index in [1.807, 2.05) is 32.0 Å². The maximum Gasteiger partial charge on any atom is 0.262 e. The molecule has 0 saturated carbocycles. The van der Waals surface area contributed by atoms with Gasteiger partial charge in [-0.15, -0.1) is 0 Å². The summed E-state index contributed by atoms with van der Waals surface area (Å²) in [6.45, 7) is 7.30. The Morgan fingerprint density at radius 3 is 2.17 bits per heavy atom. The summed E-state index contributed by atoms with van der Waals surface area (Å²) in [7, 11) is 0. The van der Waals surface area contributed by atoms with Gasteiger partial charge in [-0.25, -0.2) is 0 Å². The number of benzene rings is 2. The van der Waals surface area contributed by atoms with E-state index in [1.54, 1.807) is 38.1 Å². The monoisotopic (exact) mass is 313 g/mol. The first-order valence-corrected chi connectivity index (χ1v) is 7.59. The van der Waals surface area contributed by atoms with Gasteiger partial charge < -0.3 is 15.2 Å². The standard InChI is InChI=1S/C19H23NO3/c1-13-6-5-7-14(2)18(13)20-17(21)12-23-16-10-8-15(9-11-16)19(3,4)22/h5-11,22H,12H2,1-4H3,(H,20,21). The number of aliphatic hydroxyl groups is 1. The van der Waals surface area contributed by atoms with E-state index < -0.39 is 5.60 Å². The molecule has 0 unspecified atom stereocenters. The molecule has 4 heteroatoms. The zero-order valence-corrected chi connectivity index (χ0v) is 14.0. The number of anilines is 1. The fraction of sp³-hybridized carbons (Fsp3) is 0.316. The normalized spacial score (nSPS) is 11.2. The van der Waals surface area contributed by atoms with Crippen LogP contribution in [-0.2, 0) is 10.4 Å². The topological polar surface area (TPSA) is 58.6 Å². The van der Waals surface area contributed by atoms with Crippen LogP contribution in [0.25, 0.3) is 0 Å². The fourth-order valence-electron chi connectivity index (χ4n) is 2.30. The Hall–Kier alpha value is -2.33. The van der Waals surface area contributed by atoms with Crippen molar-refractivity contribution >= 4 is 11.6 Å². The molecule has 4 nitrogen and oxygen atoms in total. The second-order valence-corrected chi connectivity index (χ2v) is 6.19. The maximum atomic E-state index is 12.0. The van der Waals surface area contributed by atoms with Crippen molar-refractivity contribution in [3.8, 4) is 5.75 Å². The molecule has 0 saturated heterocycles. The van der Waals surface area contributed by atoms with Crippen LogP contribution in [0.3, 0.4) is 0 Å². The van der Waals surface area contributed by atoms with E-state index in [0.717, 1.165) is 22.4 Å². The summed E-state index contributed by atoms with van der Waals surface area (Å²) in [6, 6.07) is 13.0. The number of hydrogen-bond acceptors (Lipinski definition) is 3. The van der Waals surface area contributed by atoms with E-state index in [-0.39, 0.29) is 12.5 Å². The average Bonchev–Trinajstić information content (AvgIpc) is 2.48. The van der Waals surface area contributed by atoms with Crippen molar-refractivity contribution in [2.24, 2.45) is 0 Å². The van der Waals surface area contributed by atoms with Gasteiger partial charge in [0.15, 0.2) is 6.61 Å². The average molecular weight is 313 g/mol. The Bertz CT molecular complexity index is 665. The van der Waals surface area contributed by atoms with Gasteiger partial charge in [0.1, 0.15) is 5.75 Å². The molecule has 0 aliphatic heterocycles. The van der Waals surface area contributed by atoms with Crippen molar-refractivity contribution in [3.63, 3.8) is 0 Å². The van der Waals surface area contributed by atoms with Crippen LogP contribution in [0, 0.1) is 13.8 Å². The number of hydrogen-bond donors (Lipinski definition) is 2. The molecule has 2 aromatic rings. The predicted octanol–water partition coefficient (Wildman–Crippen LogP) is 3.55. The zero-order chi connectivity index (χ0) is 17.0. The highest BCUT2D eigenvalue weighted by Gasteiger charge is 2.15. The van der Waals surface area contributed by atoms with Gasteiger partial charge in [-0.2, -0.15) is 0 Å². The highest BCUT2D eigenvalue weighted by Crippen LogP contribution is 2.22. The van der Waals surface area contributed by atoms with E-state index in [9.17, 15) is 9.90 Å². The smallest absolute Gasteiger partial charge is 0.262 e. The van der Waals surface area contributed by atoms with Crippen molar-refractivity contribution in [2.45, 2.75) is 33.3 Å². The van der Waals surface area contributed by atoms with Crippen LogP contribution < -0.4 is 10.1 Å². The summed E-state index contributed by atoms with van der Waals surface area (Å²) < 4.78 is 5.49. The number of para-hydroxylation sites is 1. The molecule has 2 aromatic carbocycles. The minimum atomic E-state index is -0.891. The lowest BCUT2D eigenvalue weighted by atomic mass is 9.99. The van der Waals surface area contributed by atoms with Gasteiger partial charge in [-0.3, -0.25) is 4.79 Å². The Morgan fingerprint density at radius 2 is 1.65 bits per heavy atom. The van der Waals surface area contributed by atoms with E-state index in [2.05, 4.69) is 5.32 Å². The lowest BCUT2D eigenvalue weighted by Crippen LogP contribution is -2.21. The van der Waals surface area contributed by atoms with Crippen molar-refractivity contribution in [2.75, 3.05) is 11.9 Å². The van der Waals surface area contributed by atoms with Gasteiger partial charge in [0.2, 0.25) is 0 Å². The fourth-order valence-corrected chi connectivity index (χ4v) is 2.30. The number of carbonyl (C=O) groups is 1. The number of ether oxygens (including phenoxy) is 1. The minimum absolute atomic E-state index is 0.0599. The Morgan fingerprint density at radius 1 is 1.09 bits per heavy atom. The van der Waals surface area contributed by atoms with Gasteiger partial charge >= 0.3 is 0 Å². The van der Waals surface area contributed by atoms with Crippen molar-refractivity contribution in [1.29, 1.82) is 0 Å². The largest absolute Gasteiger partial charge is 0.484 e. The molecular weight excluding hydrogens is 290 g/mol. The molecule has 0 radical (unpaired) electrons. The van der Waals surface area contributed by atoms with E-state index in [1.165, 1.54) is 0 Å². The van der Waals surface area contributed by atoms with Crippen molar-refractivity contribution in [3.05, 3.63) is 59.2 Å². The van der Waals surface area contributed by atoms with Crippen LogP contribution in [0.2, 0.25) is 0 Å². The molecule has 0 aromatic heterocycles. The molecule has 0 heterocycles. The third-order valence-corrected chi connectivity index (χ3v) is 3.68. The molecule has 0 atom stereocenters. The van der Waals surface area contributed by atoms with Gasteiger partial charge in [-0.1, -0.05) is 30.3 Å². The van der Waals surface area contributed by atoms with Crippen molar-refractivity contribution < 1.29 is 14.6 Å². The zero-order valence-electron chi connectivity index (χ0n) is 14.0. The van der Waals surface area contributed by atoms with Crippen LogP contribution in [0.1, 0.15) is 30.5 Å². The van der Waals surface area contributed by atoms with Crippen LogP contribution in [0.15, 0.2) is 42.5 Å². The summed E-state index contributed by atoms with van der Waals surface area (Å²) in [6.07, 6.45) is 0. The summed E-state index contributed by atoms with van der Waals surface area (Å²) in [5.74, 6) is 0.392. The SMILES string of the molecule is Cc1cccc(C)c1NC(=O)COc1ccc(C(C)(C)O)cc1. The molecule has 122 valence electrons. The quantitative estimate of drug-likeness (QED) is 0.887. The third kappa shape index (κ3) is 4.57. The minimum Gasteiger partial charge on any atom is -0.484 e. The predicted molar refractivity (Wildman–Crippen MR) is 91.7 cm³/mol. The Balaban J connectivity index is 1.94. The number of rotatable bonds is 5. The van der Waals surface area contributed by atoms with Crippen LogP contribution in [0.4, 0.5) is 5.69 Å². The first-order valence-electron chi connectivity index (χ1n) is 7.59. The van der Waals surface area contributed by atoms with Gasteiger partial charge in [0.05, 0.1) is 5.60 Å². The van der Waals surface area contributed by atoms with Crippen molar-refractivity contribution in [1.82, 2.24) is 0 Å². The summed E-state index contributed by atoms with van der Waals surface area (Å²) in [5.41, 5.74) is 2.78. The molecule has 23 heavy (non-hydrogen) atoms. The van der Waals surface area contributed by atoms with Gasteiger partial charge in [0.25, 0.3) is 5.91 Å². The van der Waals surface area contributed by atoms with Crippen LogP contribution >= 0.6 is 0 Å². The Kier molecular flexibility index (Phi) is 5.06. The molecule has 0 spiro atoms. The summed E-state index contributed by atoms with van der Waals surface area (Å²) >= 11 is 0. The Labute approximate surface area is 137 Å². The molecule has 0 bridgehead atoms. The van der Waals surface area contributed by atoms with E-state index in [4.69, 9.17) is 4.74 Å². The number of carbonyl (C=O) groups excluding carboxylic acids is 1. The van der Waals surface area contributed by atoms with E-state index in [0.29, 0.717) is 5.75 Å². The van der Waals surface area contributed by atoms with E-state index >= 15 is 0 Å². The highest BCUT2D eigenvalue weighted by molar-refractivity contribution is 5.93. The second-order valence-electron chi connectivity index (χ2n) is 6.19. The van der Waals surface area contributed by atoms with Crippen LogP contribution in [0.5, 0.6) is 5.75 Å². The first-order chi connectivity index (χ1) is 10.8. The summed E-state index contributed by atoms with van der Waals surface area (Å²) in [5, 5.41) is 12.8.